The molecule has 5 rings (SSSR count). The molecule has 1 amide bonds. The van der Waals surface area contributed by atoms with E-state index in [9.17, 15) is 18.0 Å². The number of imidazole rings is 1. The first-order valence-corrected chi connectivity index (χ1v) is 9.57. The Morgan fingerprint density at radius 3 is 2.57 bits per heavy atom. The third kappa shape index (κ3) is 3.31. The molecule has 2 fully saturated rings. The van der Waals surface area contributed by atoms with Crippen molar-refractivity contribution in [2.75, 3.05) is 24.5 Å². The van der Waals surface area contributed by atoms with Gasteiger partial charge in [0.05, 0.1) is 23.1 Å². The molecule has 156 valence electrons. The number of carbonyl (C=O) groups excluding carboxylic acids is 1. The summed E-state index contributed by atoms with van der Waals surface area (Å²) >= 11 is 0. The number of anilines is 1. The molecule has 0 unspecified atom stereocenters. The van der Waals surface area contributed by atoms with Crippen molar-refractivity contribution in [1.29, 1.82) is 0 Å². The first kappa shape index (κ1) is 18.7. The summed E-state index contributed by atoms with van der Waals surface area (Å²) in [6.07, 6.45) is -1.67. The number of alkyl halides is 3. The summed E-state index contributed by atoms with van der Waals surface area (Å²) in [5.41, 5.74) is 0.323. The van der Waals surface area contributed by atoms with Gasteiger partial charge in [0.2, 0.25) is 0 Å². The van der Waals surface area contributed by atoms with E-state index in [0.29, 0.717) is 36.5 Å². The van der Waals surface area contributed by atoms with Crippen LogP contribution in [0.3, 0.4) is 0 Å². The van der Waals surface area contributed by atoms with Crippen molar-refractivity contribution < 1.29 is 22.7 Å². The Kier molecular flexibility index (Phi) is 4.12. The zero-order valence-corrected chi connectivity index (χ0v) is 15.8. The van der Waals surface area contributed by atoms with Gasteiger partial charge in [-0.25, -0.2) is 14.8 Å². The van der Waals surface area contributed by atoms with E-state index in [2.05, 4.69) is 25.2 Å². The molecule has 2 aliphatic rings. The number of carbonyl (C=O) groups is 1. The van der Waals surface area contributed by atoms with Crippen LogP contribution in [0.4, 0.5) is 23.8 Å². The second-order valence-electron chi connectivity index (χ2n) is 7.63. The van der Waals surface area contributed by atoms with Crippen LogP contribution in [0.1, 0.15) is 18.4 Å². The molecule has 0 radical (unpaired) electrons. The summed E-state index contributed by atoms with van der Waals surface area (Å²) < 4.78 is 44.1. The number of rotatable bonds is 2. The van der Waals surface area contributed by atoms with E-state index in [1.165, 1.54) is 6.07 Å². The van der Waals surface area contributed by atoms with Gasteiger partial charge in [0.1, 0.15) is 17.2 Å². The van der Waals surface area contributed by atoms with Crippen molar-refractivity contribution in [3.05, 3.63) is 42.1 Å². The first-order chi connectivity index (χ1) is 14.3. The maximum atomic E-state index is 12.9. The molecule has 4 heterocycles. The lowest BCUT2D eigenvalue weighted by Crippen LogP contribution is -2.46. The van der Waals surface area contributed by atoms with Crippen LogP contribution in [-0.4, -0.2) is 46.3 Å². The number of aromatic amines is 1. The summed E-state index contributed by atoms with van der Waals surface area (Å²) in [5.74, 6) is 1.26. The molecule has 0 atom stereocenters. The number of piperidine rings is 1. The van der Waals surface area contributed by atoms with E-state index in [1.807, 2.05) is 12.1 Å². The summed E-state index contributed by atoms with van der Waals surface area (Å²) in [4.78, 5) is 25.3. The monoisotopic (exact) mass is 417 g/mol. The Bertz CT molecular complexity index is 1100. The number of benzene rings is 1. The largest absolute Gasteiger partial charge is 0.441 e. The van der Waals surface area contributed by atoms with Crippen LogP contribution in [-0.2, 0) is 10.9 Å². The summed E-state index contributed by atoms with van der Waals surface area (Å²) in [5, 5.41) is 2.71. The zero-order valence-electron chi connectivity index (χ0n) is 15.8. The van der Waals surface area contributed by atoms with E-state index in [4.69, 9.17) is 4.74 Å². The molecule has 1 spiro atoms. The Labute approximate surface area is 169 Å². The van der Waals surface area contributed by atoms with E-state index in [1.54, 1.807) is 6.20 Å². The van der Waals surface area contributed by atoms with Gasteiger partial charge in [0.25, 0.3) is 0 Å². The smallest absolute Gasteiger partial charge is 0.416 e. The predicted octanol–water partition coefficient (Wildman–Crippen LogP) is 3.72. The van der Waals surface area contributed by atoms with Crippen molar-refractivity contribution in [2.24, 2.45) is 0 Å². The van der Waals surface area contributed by atoms with Gasteiger partial charge in [-0.05, 0) is 30.3 Å². The number of aromatic nitrogens is 3. The maximum Gasteiger partial charge on any atom is 0.416 e. The zero-order chi connectivity index (χ0) is 20.9. The third-order valence-corrected chi connectivity index (χ3v) is 5.69. The molecule has 2 aromatic heterocycles. The molecule has 0 bridgehead atoms. The van der Waals surface area contributed by atoms with Crippen LogP contribution < -0.4 is 10.2 Å². The van der Waals surface area contributed by atoms with E-state index in [0.717, 1.165) is 30.8 Å². The van der Waals surface area contributed by atoms with E-state index < -0.39 is 17.3 Å². The van der Waals surface area contributed by atoms with Crippen molar-refractivity contribution >= 4 is 22.9 Å². The van der Waals surface area contributed by atoms with Crippen LogP contribution in [0.15, 0.2) is 36.5 Å². The molecule has 30 heavy (non-hydrogen) atoms. The Balaban J connectivity index is 1.32. The minimum Gasteiger partial charge on any atom is -0.441 e. The Morgan fingerprint density at radius 2 is 1.93 bits per heavy atom. The molecular formula is C20H18F3N5O2. The molecule has 1 aromatic carbocycles. The molecule has 0 saturated carbocycles. The lowest BCUT2D eigenvalue weighted by Gasteiger charge is -2.37. The number of halogens is 3. The Hall–Kier alpha value is -3.30. The number of hydrogen-bond acceptors (Lipinski definition) is 5. The average Bonchev–Trinajstić information content (AvgIpc) is 3.31. The molecule has 10 heteroatoms. The molecule has 2 saturated heterocycles. The van der Waals surface area contributed by atoms with Crippen LogP contribution >= 0.6 is 0 Å². The van der Waals surface area contributed by atoms with Crippen LogP contribution in [0.25, 0.3) is 22.4 Å². The molecule has 3 aromatic rings. The topological polar surface area (TPSA) is 83.1 Å². The number of ether oxygens (including phenoxy) is 1. The second-order valence-corrected chi connectivity index (χ2v) is 7.63. The van der Waals surface area contributed by atoms with Crippen molar-refractivity contribution in [2.45, 2.75) is 24.6 Å². The fourth-order valence-corrected chi connectivity index (χ4v) is 3.96. The van der Waals surface area contributed by atoms with Crippen molar-refractivity contribution in [3.8, 4) is 11.4 Å². The quantitative estimate of drug-likeness (QED) is 0.664. The summed E-state index contributed by atoms with van der Waals surface area (Å²) in [6, 6.07) is 7.15. The average molecular weight is 417 g/mol. The predicted molar refractivity (Wildman–Crippen MR) is 103 cm³/mol. The Morgan fingerprint density at radius 1 is 1.13 bits per heavy atom. The van der Waals surface area contributed by atoms with Crippen LogP contribution in [0, 0.1) is 0 Å². The number of pyridine rings is 1. The van der Waals surface area contributed by atoms with Crippen LogP contribution in [0.5, 0.6) is 0 Å². The second kappa shape index (κ2) is 6.61. The number of fused-ring (bicyclic) bond motifs is 1. The number of H-pyrrole nitrogens is 1. The standard InChI is InChI=1S/C20H18F3N5O2/c21-20(22,23)13-2-3-14-15(9-13)27-17(26-14)12-1-4-16(24-10-12)28-7-5-19(6-8-28)11-25-18(29)30-19/h1-4,9-10H,5-8,11H2,(H,25,29)(H,26,27). The fourth-order valence-electron chi connectivity index (χ4n) is 3.96. The molecular weight excluding hydrogens is 399 g/mol. The van der Waals surface area contributed by atoms with E-state index >= 15 is 0 Å². The highest BCUT2D eigenvalue weighted by atomic mass is 19.4. The number of alkyl carbamates (subject to hydrolysis) is 1. The number of amides is 1. The molecule has 7 nitrogen and oxygen atoms in total. The number of nitrogens with one attached hydrogen (secondary N) is 2. The minimum atomic E-state index is -4.41. The number of nitrogens with zero attached hydrogens (tertiary/aromatic N) is 3. The minimum absolute atomic E-state index is 0.255. The van der Waals surface area contributed by atoms with Crippen molar-refractivity contribution in [1.82, 2.24) is 20.3 Å². The van der Waals surface area contributed by atoms with Gasteiger partial charge in [0.15, 0.2) is 0 Å². The summed E-state index contributed by atoms with van der Waals surface area (Å²) in [6.45, 7) is 1.96. The molecule has 2 aliphatic heterocycles. The van der Waals surface area contributed by atoms with Crippen LogP contribution in [0.2, 0.25) is 0 Å². The van der Waals surface area contributed by atoms with Gasteiger partial charge < -0.3 is 19.9 Å². The normalized spacial score (nSPS) is 18.6. The first-order valence-electron chi connectivity index (χ1n) is 9.57. The lowest BCUT2D eigenvalue weighted by atomic mass is 9.91. The third-order valence-electron chi connectivity index (χ3n) is 5.69. The van der Waals surface area contributed by atoms with Gasteiger partial charge in [-0.2, -0.15) is 13.2 Å². The highest BCUT2D eigenvalue weighted by Gasteiger charge is 2.43. The number of hydrogen-bond donors (Lipinski definition) is 2. The van der Waals surface area contributed by atoms with Gasteiger partial charge in [-0.1, -0.05) is 0 Å². The lowest BCUT2D eigenvalue weighted by molar-refractivity contribution is -0.137. The molecule has 2 N–H and O–H groups in total. The van der Waals surface area contributed by atoms with Crippen molar-refractivity contribution in [3.63, 3.8) is 0 Å². The summed E-state index contributed by atoms with van der Waals surface area (Å²) in [7, 11) is 0. The highest BCUT2D eigenvalue weighted by Crippen LogP contribution is 2.33. The van der Waals surface area contributed by atoms with Gasteiger partial charge >= 0.3 is 12.3 Å². The van der Waals surface area contributed by atoms with Gasteiger partial charge in [0, 0.05) is 37.7 Å². The molecule has 0 aliphatic carbocycles. The SMILES string of the molecule is O=C1NCC2(CCN(c3ccc(-c4nc5cc(C(F)(F)F)ccc5[nH]4)cn3)CC2)O1. The maximum absolute atomic E-state index is 12.9. The fraction of sp³-hybridized carbons (Fsp3) is 0.350. The van der Waals surface area contributed by atoms with E-state index in [-0.39, 0.29) is 11.6 Å². The van der Waals surface area contributed by atoms with Gasteiger partial charge in [-0.15, -0.1) is 0 Å². The van der Waals surface area contributed by atoms with Gasteiger partial charge in [-0.3, -0.25) is 0 Å². The highest BCUT2D eigenvalue weighted by molar-refractivity contribution is 5.80.